The molecular formula is C9H16N4O. The second-order valence-electron chi connectivity index (χ2n) is 3.93. The number of aromatic nitrogens is 2. The molecule has 1 aromatic heterocycles. The molecule has 1 saturated heterocycles. The van der Waals surface area contributed by atoms with Gasteiger partial charge in [0.1, 0.15) is 11.4 Å². The van der Waals surface area contributed by atoms with Gasteiger partial charge < -0.3 is 5.73 Å². The molecule has 1 aromatic rings. The van der Waals surface area contributed by atoms with E-state index in [1.165, 1.54) is 6.42 Å². The van der Waals surface area contributed by atoms with Crippen molar-refractivity contribution in [1.29, 1.82) is 0 Å². The number of hydrogen-bond acceptors (Lipinski definition) is 5. The van der Waals surface area contributed by atoms with Crippen molar-refractivity contribution >= 4 is 0 Å². The third-order valence-electron chi connectivity index (χ3n) is 2.66. The van der Waals surface area contributed by atoms with E-state index in [1.807, 2.05) is 6.92 Å². The number of aryl methyl sites for hydroxylation is 1. The summed E-state index contributed by atoms with van der Waals surface area (Å²) < 4.78 is 4.66. The van der Waals surface area contributed by atoms with Crippen LogP contribution < -0.4 is 5.73 Å². The summed E-state index contributed by atoms with van der Waals surface area (Å²) in [5.41, 5.74) is 7.70. The van der Waals surface area contributed by atoms with Gasteiger partial charge in [0.05, 0.1) is 0 Å². The predicted octanol–water partition coefficient (Wildman–Crippen LogP) is 0.301. The third-order valence-corrected chi connectivity index (χ3v) is 2.66. The SMILES string of the molecule is Cc1nonc1CN1CCC[C@@H](N)C1. The Bertz CT molecular complexity index is 299. The zero-order chi connectivity index (χ0) is 9.97. The number of likely N-dealkylation sites (tertiary alicyclic amines) is 1. The van der Waals surface area contributed by atoms with Crippen LogP contribution in [-0.2, 0) is 6.54 Å². The molecule has 0 unspecified atom stereocenters. The fraction of sp³-hybridized carbons (Fsp3) is 0.778. The van der Waals surface area contributed by atoms with Gasteiger partial charge in [0.15, 0.2) is 0 Å². The maximum atomic E-state index is 5.89. The van der Waals surface area contributed by atoms with E-state index in [1.54, 1.807) is 0 Å². The monoisotopic (exact) mass is 196 g/mol. The summed E-state index contributed by atoms with van der Waals surface area (Å²) in [6, 6.07) is 0.309. The van der Waals surface area contributed by atoms with Crippen molar-refractivity contribution in [2.24, 2.45) is 5.73 Å². The van der Waals surface area contributed by atoms with Gasteiger partial charge in [-0.2, -0.15) is 0 Å². The molecule has 1 aliphatic rings. The molecule has 5 nitrogen and oxygen atoms in total. The first-order valence-corrected chi connectivity index (χ1v) is 5.01. The fourth-order valence-electron chi connectivity index (χ4n) is 1.84. The highest BCUT2D eigenvalue weighted by molar-refractivity contribution is 5.04. The van der Waals surface area contributed by atoms with Crippen LogP contribution in [0.15, 0.2) is 4.63 Å². The molecular weight excluding hydrogens is 180 g/mol. The van der Waals surface area contributed by atoms with Crippen molar-refractivity contribution in [2.45, 2.75) is 32.4 Å². The third kappa shape index (κ3) is 2.10. The molecule has 0 radical (unpaired) electrons. The summed E-state index contributed by atoms with van der Waals surface area (Å²) in [4.78, 5) is 2.31. The highest BCUT2D eigenvalue weighted by atomic mass is 16.6. The summed E-state index contributed by atoms with van der Waals surface area (Å²) in [5.74, 6) is 0. The average Bonchev–Trinajstić information content (AvgIpc) is 2.52. The van der Waals surface area contributed by atoms with Crippen molar-refractivity contribution in [3.05, 3.63) is 11.4 Å². The van der Waals surface area contributed by atoms with E-state index in [9.17, 15) is 0 Å². The standard InChI is InChI=1S/C9H16N4O/c1-7-9(12-14-11-7)6-13-4-2-3-8(10)5-13/h8H,2-6,10H2,1H3/t8-/m1/s1. The number of nitrogens with zero attached hydrogens (tertiary/aromatic N) is 3. The first-order valence-electron chi connectivity index (χ1n) is 5.01. The van der Waals surface area contributed by atoms with Crippen molar-refractivity contribution in [1.82, 2.24) is 15.2 Å². The molecule has 2 rings (SSSR count). The van der Waals surface area contributed by atoms with E-state index in [0.29, 0.717) is 6.04 Å². The molecule has 0 aliphatic carbocycles. The first kappa shape index (κ1) is 9.61. The Morgan fingerprint density at radius 2 is 2.43 bits per heavy atom. The predicted molar refractivity (Wildman–Crippen MR) is 51.5 cm³/mol. The van der Waals surface area contributed by atoms with Gasteiger partial charge in [0.2, 0.25) is 0 Å². The summed E-state index contributed by atoms with van der Waals surface area (Å²) in [6.07, 6.45) is 2.30. The Morgan fingerprint density at radius 1 is 1.57 bits per heavy atom. The van der Waals surface area contributed by atoms with Gasteiger partial charge in [-0.25, -0.2) is 4.63 Å². The van der Waals surface area contributed by atoms with Crippen molar-refractivity contribution in [3.8, 4) is 0 Å². The van der Waals surface area contributed by atoms with E-state index in [2.05, 4.69) is 19.8 Å². The number of rotatable bonds is 2. The second kappa shape index (κ2) is 4.06. The van der Waals surface area contributed by atoms with Crippen LogP contribution in [0.1, 0.15) is 24.2 Å². The zero-order valence-electron chi connectivity index (χ0n) is 8.44. The zero-order valence-corrected chi connectivity index (χ0v) is 8.44. The van der Waals surface area contributed by atoms with E-state index >= 15 is 0 Å². The molecule has 0 saturated carbocycles. The second-order valence-corrected chi connectivity index (χ2v) is 3.93. The lowest BCUT2D eigenvalue weighted by atomic mass is 10.1. The number of piperidine rings is 1. The number of nitrogens with two attached hydrogens (primary N) is 1. The lowest BCUT2D eigenvalue weighted by Crippen LogP contribution is -2.42. The first-order chi connectivity index (χ1) is 6.75. The van der Waals surface area contributed by atoms with E-state index in [0.717, 1.165) is 37.4 Å². The molecule has 1 atom stereocenters. The van der Waals surface area contributed by atoms with Crippen molar-refractivity contribution in [3.63, 3.8) is 0 Å². The van der Waals surface area contributed by atoms with Crippen LogP contribution in [0.25, 0.3) is 0 Å². The highest BCUT2D eigenvalue weighted by Gasteiger charge is 2.18. The lowest BCUT2D eigenvalue weighted by Gasteiger charge is -2.29. The quantitative estimate of drug-likeness (QED) is 0.736. The molecule has 1 aliphatic heterocycles. The molecule has 2 N–H and O–H groups in total. The summed E-state index contributed by atoms with van der Waals surface area (Å²) in [7, 11) is 0. The largest absolute Gasteiger partial charge is 0.327 e. The highest BCUT2D eigenvalue weighted by Crippen LogP contribution is 2.12. The number of hydrogen-bond donors (Lipinski definition) is 1. The molecule has 0 aromatic carbocycles. The van der Waals surface area contributed by atoms with Gasteiger partial charge in [-0.1, -0.05) is 10.3 Å². The molecule has 0 amide bonds. The van der Waals surface area contributed by atoms with Crippen molar-refractivity contribution in [2.75, 3.05) is 13.1 Å². The summed E-state index contributed by atoms with van der Waals surface area (Å²) >= 11 is 0. The Hall–Kier alpha value is -0.940. The van der Waals surface area contributed by atoms with Crippen LogP contribution in [0.4, 0.5) is 0 Å². The maximum Gasteiger partial charge on any atom is 0.122 e. The Morgan fingerprint density at radius 3 is 3.07 bits per heavy atom. The Kier molecular flexibility index (Phi) is 2.79. The topological polar surface area (TPSA) is 68.2 Å². The van der Waals surface area contributed by atoms with Crippen molar-refractivity contribution < 1.29 is 4.63 Å². The minimum atomic E-state index is 0.309. The Labute approximate surface area is 83.2 Å². The van der Waals surface area contributed by atoms with Crippen LogP contribution in [0, 0.1) is 6.92 Å². The molecule has 14 heavy (non-hydrogen) atoms. The van der Waals surface area contributed by atoms with E-state index in [4.69, 9.17) is 5.73 Å². The van der Waals surface area contributed by atoms with Gasteiger partial charge in [0.25, 0.3) is 0 Å². The molecule has 0 spiro atoms. The molecule has 5 heteroatoms. The average molecular weight is 196 g/mol. The van der Waals surface area contributed by atoms with Gasteiger partial charge >= 0.3 is 0 Å². The Balaban J connectivity index is 1.94. The molecule has 0 bridgehead atoms. The van der Waals surface area contributed by atoms with Gasteiger partial charge in [0, 0.05) is 19.1 Å². The minimum absolute atomic E-state index is 0.309. The smallest absolute Gasteiger partial charge is 0.122 e. The molecule has 78 valence electrons. The van der Waals surface area contributed by atoms with E-state index < -0.39 is 0 Å². The summed E-state index contributed by atoms with van der Waals surface area (Å²) in [5, 5.41) is 7.62. The maximum absolute atomic E-state index is 5.89. The fourth-order valence-corrected chi connectivity index (χ4v) is 1.84. The normalized spacial score (nSPS) is 24.0. The molecule has 2 heterocycles. The minimum Gasteiger partial charge on any atom is -0.327 e. The van der Waals surface area contributed by atoms with E-state index in [-0.39, 0.29) is 0 Å². The summed E-state index contributed by atoms with van der Waals surface area (Å²) in [6.45, 7) is 4.77. The lowest BCUT2D eigenvalue weighted by molar-refractivity contribution is 0.195. The van der Waals surface area contributed by atoms with Gasteiger partial charge in [-0.05, 0) is 26.3 Å². The van der Waals surface area contributed by atoms with Gasteiger partial charge in [-0.15, -0.1) is 0 Å². The van der Waals surface area contributed by atoms with Crippen LogP contribution in [0.5, 0.6) is 0 Å². The van der Waals surface area contributed by atoms with Crippen LogP contribution in [0.3, 0.4) is 0 Å². The van der Waals surface area contributed by atoms with Gasteiger partial charge in [-0.3, -0.25) is 4.90 Å². The van der Waals surface area contributed by atoms with Crippen LogP contribution in [0.2, 0.25) is 0 Å². The molecule has 1 fully saturated rings. The van der Waals surface area contributed by atoms with Crippen LogP contribution in [-0.4, -0.2) is 34.3 Å². The van der Waals surface area contributed by atoms with Crippen LogP contribution >= 0.6 is 0 Å².